The lowest BCUT2D eigenvalue weighted by Crippen LogP contribution is -2.05. The highest BCUT2D eigenvalue weighted by Crippen LogP contribution is 2.27. The van der Waals surface area contributed by atoms with Gasteiger partial charge in [-0.05, 0) is 25.5 Å². The van der Waals surface area contributed by atoms with Crippen molar-refractivity contribution in [2.45, 2.75) is 51.8 Å². The second kappa shape index (κ2) is 7.30. The van der Waals surface area contributed by atoms with Crippen LogP contribution in [0.1, 0.15) is 55.2 Å². The van der Waals surface area contributed by atoms with Crippen LogP contribution in [0.4, 0.5) is 0 Å². The maximum absolute atomic E-state index is 5.98. The molecule has 0 aromatic carbocycles. The molecule has 16 heavy (non-hydrogen) atoms. The molecule has 1 rings (SSSR count). The van der Waals surface area contributed by atoms with Crippen LogP contribution in [0.25, 0.3) is 0 Å². The standard InChI is InChI=1S/C12H22N2S2/c1-4-6-10-12(9(3)13)16-11(14-10)8-15-7-5-2/h9H,4-8,13H2,1-3H3. The number of hydrogen-bond donors (Lipinski definition) is 1. The maximum Gasteiger partial charge on any atom is 0.103 e. The molecule has 4 heteroatoms. The van der Waals surface area contributed by atoms with E-state index in [1.165, 1.54) is 27.8 Å². The number of rotatable bonds is 7. The molecule has 0 fully saturated rings. The van der Waals surface area contributed by atoms with Crippen LogP contribution in [0.15, 0.2) is 0 Å². The minimum atomic E-state index is 0.129. The van der Waals surface area contributed by atoms with Gasteiger partial charge in [0.05, 0.1) is 5.69 Å². The van der Waals surface area contributed by atoms with Gasteiger partial charge >= 0.3 is 0 Å². The fourth-order valence-electron chi connectivity index (χ4n) is 1.55. The number of aryl methyl sites for hydroxylation is 1. The first-order chi connectivity index (χ1) is 7.69. The molecule has 1 aromatic rings. The Kier molecular flexibility index (Phi) is 6.39. The molecule has 0 amide bonds. The Balaban J connectivity index is 2.68. The number of nitrogens with zero attached hydrogens (tertiary/aromatic N) is 1. The van der Waals surface area contributed by atoms with Crippen LogP contribution in [0, 0.1) is 0 Å². The van der Waals surface area contributed by atoms with Crippen molar-refractivity contribution in [3.8, 4) is 0 Å². The van der Waals surface area contributed by atoms with Gasteiger partial charge in [-0.15, -0.1) is 11.3 Å². The maximum atomic E-state index is 5.98. The van der Waals surface area contributed by atoms with Crippen molar-refractivity contribution in [1.82, 2.24) is 4.98 Å². The van der Waals surface area contributed by atoms with Crippen LogP contribution < -0.4 is 5.73 Å². The number of hydrogen-bond acceptors (Lipinski definition) is 4. The zero-order valence-electron chi connectivity index (χ0n) is 10.5. The Hall–Kier alpha value is -0.0600. The predicted octanol–water partition coefficient (Wildman–Crippen LogP) is 3.76. The summed E-state index contributed by atoms with van der Waals surface area (Å²) in [6.45, 7) is 6.45. The molecule has 2 nitrogen and oxygen atoms in total. The van der Waals surface area contributed by atoms with Crippen LogP contribution in [-0.2, 0) is 12.2 Å². The fourth-order valence-corrected chi connectivity index (χ4v) is 3.57. The Bertz CT molecular complexity index is 308. The predicted molar refractivity (Wildman–Crippen MR) is 75.2 cm³/mol. The molecule has 2 N–H and O–H groups in total. The molecular formula is C12H22N2S2. The summed E-state index contributed by atoms with van der Waals surface area (Å²) < 4.78 is 0. The molecule has 92 valence electrons. The second-order valence-corrected chi connectivity index (χ2v) is 6.23. The van der Waals surface area contributed by atoms with Gasteiger partial charge in [0.1, 0.15) is 5.01 Å². The summed E-state index contributed by atoms with van der Waals surface area (Å²) in [5.74, 6) is 2.26. The number of thiazole rings is 1. The van der Waals surface area contributed by atoms with Gasteiger partial charge in [-0.3, -0.25) is 0 Å². The van der Waals surface area contributed by atoms with Gasteiger partial charge in [-0.25, -0.2) is 4.98 Å². The Morgan fingerprint density at radius 3 is 2.69 bits per heavy atom. The van der Waals surface area contributed by atoms with Crippen LogP contribution in [-0.4, -0.2) is 10.7 Å². The van der Waals surface area contributed by atoms with Gasteiger partial charge in [0.25, 0.3) is 0 Å². The number of thioether (sulfide) groups is 1. The summed E-state index contributed by atoms with van der Waals surface area (Å²) >= 11 is 3.77. The van der Waals surface area contributed by atoms with Crippen molar-refractivity contribution in [2.24, 2.45) is 5.73 Å². The van der Waals surface area contributed by atoms with E-state index >= 15 is 0 Å². The van der Waals surface area contributed by atoms with Gasteiger partial charge < -0.3 is 5.73 Å². The van der Waals surface area contributed by atoms with E-state index in [1.54, 1.807) is 11.3 Å². The smallest absolute Gasteiger partial charge is 0.103 e. The first kappa shape index (κ1) is 14.0. The molecule has 1 aromatic heterocycles. The van der Waals surface area contributed by atoms with E-state index in [-0.39, 0.29) is 6.04 Å². The zero-order chi connectivity index (χ0) is 12.0. The van der Waals surface area contributed by atoms with E-state index in [0.29, 0.717) is 0 Å². The van der Waals surface area contributed by atoms with Crippen molar-refractivity contribution < 1.29 is 0 Å². The minimum Gasteiger partial charge on any atom is -0.323 e. The van der Waals surface area contributed by atoms with Crippen LogP contribution in [0.5, 0.6) is 0 Å². The lowest BCUT2D eigenvalue weighted by molar-refractivity contribution is 0.791. The molecule has 0 radical (unpaired) electrons. The van der Waals surface area contributed by atoms with Crippen molar-refractivity contribution in [1.29, 1.82) is 0 Å². The van der Waals surface area contributed by atoms with Gasteiger partial charge in [-0.2, -0.15) is 11.8 Å². The monoisotopic (exact) mass is 258 g/mol. The Labute approximate surface area is 107 Å². The largest absolute Gasteiger partial charge is 0.323 e. The molecule has 0 bridgehead atoms. The molecule has 0 aliphatic rings. The molecule has 0 spiro atoms. The zero-order valence-corrected chi connectivity index (χ0v) is 12.1. The first-order valence-corrected chi connectivity index (χ1v) is 7.97. The van der Waals surface area contributed by atoms with Gasteiger partial charge in [-0.1, -0.05) is 20.3 Å². The van der Waals surface area contributed by atoms with Crippen LogP contribution in [0.3, 0.4) is 0 Å². The summed E-state index contributed by atoms with van der Waals surface area (Å²) in [5, 5.41) is 1.24. The third-order valence-electron chi connectivity index (χ3n) is 2.25. The summed E-state index contributed by atoms with van der Waals surface area (Å²) in [6.07, 6.45) is 3.44. The van der Waals surface area contributed by atoms with E-state index in [9.17, 15) is 0 Å². The highest BCUT2D eigenvalue weighted by atomic mass is 32.2. The van der Waals surface area contributed by atoms with E-state index in [2.05, 4.69) is 20.8 Å². The quantitative estimate of drug-likeness (QED) is 0.757. The van der Waals surface area contributed by atoms with Crippen LogP contribution in [0.2, 0.25) is 0 Å². The summed E-state index contributed by atoms with van der Waals surface area (Å²) in [6, 6.07) is 0.129. The average molecular weight is 258 g/mol. The lowest BCUT2D eigenvalue weighted by Gasteiger charge is -2.03. The third kappa shape index (κ3) is 4.07. The highest BCUT2D eigenvalue weighted by molar-refractivity contribution is 7.98. The second-order valence-electron chi connectivity index (χ2n) is 4.01. The SMILES string of the molecule is CCCSCc1nc(CCC)c(C(C)N)s1. The molecule has 0 aliphatic carbocycles. The van der Waals surface area contributed by atoms with E-state index < -0.39 is 0 Å². The van der Waals surface area contributed by atoms with Crippen LogP contribution >= 0.6 is 23.1 Å². The third-order valence-corrected chi connectivity index (χ3v) is 4.90. The van der Waals surface area contributed by atoms with Gasteiger partial charge in [0.2, 0.25) is 0 Å². The van der Waals surface area contributed by atoms with Crippen molar-refractivity contribution in [2.75, 3.05) is 5.75 Å². The molecular weight excluding hydrogens is 236 g/mol. The Morgan fingerprint density at radius 2 is 2.12 bits per heavy atom. The lowest BCUT2D eigenvalue weighted by atomic mass is 10.2. The van der Waals surface area contributed by atoms with Gasteiger partial charge in [0.15, 0.2) is 0 Å². The minimum absolute atomic E-state index is 0.129. The molecule has 1 unspecified atom stereocenters. The topological polar surface area (TPSA) is 38.9 Å². The summed E-state index contributed by atoms with van der Waals surface area (Å²) in [5.41, 5.74) is 7.21. The normalized spacial score (nSPS) is 13.0. The molecule has 1 heterocycles. The molecule has 0 saturated heterocycles. The number of aromatic nitrogens is 1. The molecule has 0 aliphatic heterocycles. The van der Waals surface area contributed by atoms with E-state index in [1.807, 2.05) is 11.8 Å². The average Bonchev–Trinajstić information content (AvgIpc) is 2.62. The van der Waals surface area contributed by atoms with Crippen molar-refractivity contribution in [3.63, 3.8) is 0 Å². The first-order valence-electron chi connectivity index (χ1n) is 6.00. The summed E-state index contributed by atoms with van der Waals surface area (Å²) in [7, 11) is 0. The van der Waals surface area contributed by atoms with Gasteiger partial charge in [0, 0.05) is 16.7 Å². The summed E-state index contributed by atoms with van der Waals surface area (Å²) in [4.78, 5) is 6.00. The van der Waals surface area contributed by atoms with Crippen molar-refractivity contribution in [3.05, 3.63) is 15.6 Å². The number of nitrogens with two attached hydrogens (primary N) is 1. The fraction of sp³-hybridized carbons (Fsp3) is 0.750. The van der Waals surface area contributed by atoms with E-state index in [4.69, 9.17) is 10.7 Å². The molecule has 0 saturated carbocycles. The van der Waals surface area contributed by atoms with E-state index in [0.717, 1.165) is 18.6 Å². The molecule has 1 atom stereocenters. The van der Waals surface area contributed by atoms with Crippen molar-refractivity contribution >= 4 is 23.1 Å². The Morgan fingerprint density at radius 1 is 1.38 bits per heavy atom. The highest BCUT2D eigenvalue weighted by Gasteiger charge is 2.13.